The maximum absolute atomic E-state index is 11.6. The SMILES string of the molecule is CS(=O)(=O)c1ccc([C@H]2OC[C@H](CC3CCN(c4ncc(Cl)cn4)CC3)CO2)cc1. The molecule has 3 heterocycles. The van der Waals surface area contributed by atoms with Crippen molar-refractivity contribution in [3.63, 3.8) is 0 Å². The number of nitrogens with zero attached hydrogens (tertiary/aromatic N) is 3. The Hall–Kier alpha value is -1.74. The molecule has 4 rings (SSSR count). The Bertz CT molecular complexity index is 937. The van der Waals surface area contributed by atoms with Gasteiger partial charge in [-0.05, 0) is 37.3 Å². The first kappa shape index (κ1) is 21.5. The van der Waals surface area contributed by atoms with E-state index in [-0.39, 0.29) is 0 Å². The average molecular weight is 452 g/mol. The van der Waals surface area contributed by atoms with E-state index in [9.17, 15) is 8.42 Å². The highest BCUT2D eigenvalue weighted by molar-refractivity contribution is 7.90. The molecule has 0 unspecified atom stereocenters. The Morgan fingerprint density at radius 3 is 2.20 bits per heavy atom. The molecule has 1 aromatic carbocycles. The zero-order chi connectivity index (χ0) is 21.1. The number of anilines is 1. The first-order valence-corrected chi connectivity index (χ1v) is 12.4. The highest BCUT2D eigenvalue weighted by Gasteiger charge is 2.28. The minimum Gasteiger partial charge on any atom is -0.348 e. The zero-order valence-corrected chi connectivity index (χ0v) is 18.5. The quantitative estimate of drug-likeness (QED) is 0.688. The van der Waals surface area contributed by atoms with Crippen LogP contribution in [0.4, 0.5) is 5.95 Å². The maximum atomic E-state index is 11.6. The third kappa shape index (κ3) is 5.29. The van der Waals surface area contributed by atoms with E-state index in [0.29, 0.717) is 35.0 Å². The molecule has 7 nitrogen and oxygen atoms in total. The Labute approximate surface area is 182 Å². The summed E-state index contributed by atoms with van der Waals surface area (Å²) in [7, 11) is -3.20. The molecule has 0 saturated carbocycles. The van der Waals surface area contributed by atoms with Crippen molar-refractivity contribution in [2.24, 2.45) is 11.8 Å². The summed E-state index contributed by atoms with van der Waals surface area (Å²) in [4.78, 5) is 11.1. The second-order valence-electron chi connectivity index (χ2n) is 8.07. The Kier molecular flexibility index (Phi) is 6.57. The van der Waals surface area contributed by atoms with Crippen LogP contribution >= 0.6 is 11.6 Å². The van der Waals surface area contributed by atoms with Gasteiger partial charge in [0.15, 0.2) is 16.1 Å². The molecule has 9 heteroatoms. The molecular weight excluding hydrogens is 426 g/mol. The van der Waals surface area contributed by atoms with Gasteiger partial charge in [0.1, 0.15) is 0 Å². The van der Waals surface area contributed by atoms with Crippen molar-refractivity contribution in [3.05, 3.63) is 47.2 Å². The van der Waals surface area contributed by atoms with Crippen LogP contribution in [0.15, 0.2) is 41.6 Å². The van der Waals surface area contributed by atoms with Crippen LogP contribution in [0.3, 0.4) is 0 Å². The van der Waals surface area contributed by atoms with Crippen LogP contribution in [0.1, 0.15) is 31.1 Å². The van der Waals surface area contributed by atoms with Gasteiger partial charge in [-0.15, -0.1) is 0 Å². The number of hydrogen-bond acceptors (Lipinski definition) is 7. The molecule has 2 aliphatic rings. The largest absolute Gasteiger partial charge is 0.348 e. The fourth-order valence-corrected chi connectivity index (χ4v) is 4.78. The van der Waals surface area contributed by atoms with E-state index in [4.69, 9.17) is 21.1 Å². The number of piperidine rings is 1. The van der Waals surface area contributed by atoms with Gasteiger partial charge in [0.05, 0.1) is 35.5 Å². The van der Waals surface area contributed by atoms with Crippen molar-refractivity contribution >= 4 is 27.4 Å². The van der Waals surface area contributed by atoms with Crippen LogP contribution in [0.5, 0.6) is 0 Å². The lowest BCUT2D eigenvalue weighted by molar-refractivity contribution is -0.207. The van der Waals surface area contributed by atoms with Gasteiger partial charge < -0.3 is 14.4 Å². The third-order valence-electron chi connectivity index (χ3n) is 5.72. The lowest BCUT2D eigenvalue weighted by atomic mass is 9.87. The van der Waals surface area contributed by atoms with Gasteiger partial charge in [-0.1, -0.05) is 23.7 Å². The zero-order valence-electron chi connectivity index (χ0n) is 16.9. The number of rotatable bonds is 5. The first-order valence-electron chi connectivity index (χ1n) is 10.1. The molecule has 2 aliphatic heterocycles. The van der Waals surface area contributed by atoms with E-state index in [1.165, 1.54) is 6.26 Å². The summed E-state index contributed by atoms with van der Waals surface area (Å²) >= 11 is 5.87. The van der Waals surface area contributed by atoms with E-state index < -0.39 is 16.1 Å². The van der Waals surface area contributed by atoms with E-state index in [1.54, 1.807) is 36.7 Å². The summed E-state index contributed by atoms with van der Waals surface area (Å²) in [6, 6.07) is 6.72. The highest BCUT2D eigenvalue weighted by Crippen LogP contribution is 2.31. The number of ether oxygens (including phenoxy) is 2. The predicted molar refractivity (Wildman–Crippen MR) is 114 cm³/mol. The fraction of sp³-hybridized carbons (Fsp3) is 0.524. The second kappa shape index (κ2) is 9.18. The maximum Gasteiger partial charge on any atom is 0.225 e. The van der Waals surface area contributed by atoms with E-state index >= 15 is 0 Å². The van der Waals surface area contributed by atoms with Crippen molar-refractivity contribution in [3.8, 4) is 0 Å². The van der Waals surface area contributed by atoms with Gasteiger partial charge in [-0.3, -0.25) is 0 Å². The van der Waals surface area contributed by atoms with Crippen LogP contribution in [0.2, 0.25) is 5.02 Å². The molecule has 0 radical (unpaired) electrons. The van der Waals surface area contributed by atoms with Crippen LogP contribution in [-0.2, 0) is 19.3 Å². The van der Waals surface area contributed by atoms with Gasteiger partial charge in [-0.2, -0.15) is 0 Å². The Morgan fingerprint density at radius 2 is 1.63 bits per heavy atom. The molecule has 0 aliphatic carbocycles. The smallest absolute Gasteiger partial charge is 0.225 e. The minimum atomic E-state index is -3.20. The molecular formula is C21H26ClN3O4S. The van der Waals surface area contributed by atoms with Gasteiger partial charge in [-0.25, -0.2) is 18.4 Å². The highest BCUT2D eigenvalue weighted by atomic mass is 35.5. The molecule has 1 aromatic heterocycles. The number of sulfone groups is 1. The molecule has 162 valence electrons. The molecule has 2 fully saturated rings. The number of aromatic nitrogens is 2. The Morgan fingerprint density at radius 1 is 1.03 bits per heavy atom. The van der Waals surface area contributed by atoms with Gasteiger partial charge in [0, 0.05) is 30.8 Å². The van der Waals surface area contributed by atoms with Crippen molar-refractivity contribution in [2.75, 3.05) is 37.5 Å². The van der Waals surface area contributed by atoms with Crippen LogP contribution in [-0.4, -0.2) is 50.9 Å². The van der Waals surface area contributed by atoms with Crippen molar-refractivity contribution in [2.45, 2.75) is 30.4 Å². The van der Waals surface area contributed by atoms with Gasteiger partial charge >= 0.3 is 0 Å². The van der Waals surface area contributed by atoms with E-state index in [2.05, 4.69) is 14.9 Å². The van der Waals surface area contributed by atoms with E-state index in [0.717, 1.165) is 43.9 Å². The number of halogens is 1. The van der Waals surface area contributed by atoms with Crippen LogP contribution < -0.4 is 4.90 Å². The second-order valence-corrected chi connectivity index (χ2v) is 10.5. The summed E-state index contributed by atoms with van der Waals surface area (Å²) in [5.41, 5.74) is 0.845. The van der Waals surface area contributed by atoms with Crippen LogP contribution in [0.25, 0.3) is 0 Å². The number of hydrogen-bond donors (Lipinski definition) is 0. The van der Waals surface area contributed by atoms with Crippen molar-refractivity contribution in [1.29, 1.82) is 0 Å². The topological polar surface area (TPSA) is 81.6 Å². The van der Waals surface area contributed by atoms with Crippen LogP contribution in [0, 0.1) is 11.8 Å². The van der Waals surface area contributed by atoms with Gasteiger partial charge in [0.25, 0.3) is 0 Å². The molecule has 30 heavy (non-hydrogen) atoms. The summed E-state index contributed by atoms with van der Waals surface area (Å²) in [5, 5.41) is 0.551. The van der Waals surface area contributed by atoms with Crippen molar-refractivity contribution in [1.82, 2.24) is 9.97 Å². The summed E-state index contributed by atoms with van der Waals surface area (Å²) in [6.45, 7) is 3.18. The third-order valence-corrected chi connectivity index (χ3v) is 7.04. The lowest BCUT2D eigenvalue weighted by Crippen LogP contribution is -2.37. The normalized spacial score (nSPS) is 23.5. The molecule has 2 saturated heterocycles. The van der Waals surface area contributed by atoms with Crippen molar-refractivity contribution < 1.29 is 17.9 Å². The summed E-state index contributed by atoms with van der Waals surface area (Å²) in [5.74, 6) is 1.75. The minimum absolute atomic E-state index is 0.301. The molecule has 0 atom stereocenters. The predicted octanol–water partition coefficient (Wildman–Crippen LogP) is 3.50. The molecule has 0 N–H and O–H groups in total. The van der Waals surface area contributed by atoms with Gasteiger partial charge in [0.2, 0.25) is 5.95 Å². The first-order chi connectivity index (χ1) is 14.4. The lowest BCUT2D eigenvalue weighted by Gasteiger charge is -2.35. The standard InChI is InChI=1S/C21H26ClN3O4S/c1-30(26,27)19-4-2-17(3-5-19)20-28-13-16(14-29-20)10-15-6-8-25(9-7-15)21-23-11-18(22)12-24-21/h2-5,11-12,15-16,20H,6-10,13-14H2,1H3/t16-,20-. The fourth-order valence-electron chi connectivity index (χ4n) is 4.05. The average Bonchev–Trinajstić information content (AvgIpc) is 2.75. The molecule has 0 bridgehead atoms. The summed E-state index contributed by atoms with van der Waals surface area (Å²) in [6.07, 6.45) is 7.31. The molecule has 2 aromatic rings. The summed E-state index contributed by atoms with van der Waals surface area (Å²) < 4.78 is 35.0. The van der Waals surface area contributed by atoms with E-state index in [1.807, 2.05) is 0 Å². The Balaban J connectivity index is 1.23. The molecule has 0 amide bonds. The molecule has 0 spiro atoms. The monoisotopic (exact) mass is 451 g/mol. The number of benzene rings is 1.